The van der Waals surface area contributed by atoms with Crippen LogP contribution in [0.15, 0.2) is 73.2 Å². The largest absolute Gasteiger partial charge is 0.455 e. The lowest BCUT2D eigenvalue weighted by atomic mass is 10.0. The first-order valence-corrected chi connectivity index (χ1v) is 8.51. The molecular weight excluding hydrogens is 338 g/mol. The summed E-state index contributed by atoms with van der Waals surface area (Å²) < 4.78 is 7.85. The summed E-state index contributed by atoms with van der Waals surface area (Å²) in [6, 6.07) is 20.9. The first kappa shape index (κ1) is 16.8. The predicted octanol–water partition coefficient (Wildman–Crippen LogP) is 4.32. The highest BCUT2D eigenvalue weighted by atomic mass is 16.5. The molecule has 132 valence electrons. The molecule has 0 saturated carbocycles. The van der Waals surface area contributed by atoms with Crippen LogP contribution in [0.25, 0.3) is 10.8 Å². The van der Waals surface area contributed by atoms with Crippen LogP contribution in [0.2, 0.25) is 0 Å². The van der Waals surface area contributed by atoms with Crippen molar-refractivity contribution >= 4 is 10.8 Å². The van der Waals surface area contributed by atoms with E-state index in [0.717, 1.165) is 10.8 Å². The highest BCUT2D eigenvalue weighted by Gasteiger charge is 2.17. The quantitative estimate of drug-likeness (QED) is 0.592. The number of fused-ring (bicyclic) bond motifs is 1. The fourth-order valence-corrected chi connectivity index (χ4v) is 3.09. The lowest BCUT2D eigenvalue weighted by molar-refractivity contribution is 0.211. The average molecular weight is 355 g/mol. The molecule has 27 heavy (non-hydrogen) atoms. The van der Waals surface area contributed by atoms with Gasteiger partial charge < -0.3 is 14.4 Å². The lowest BCUT2D eigenvalue weighted by Gasteiger charge is -2.15. The summed E-state index contributed by atoms with van der Waals surface area (Å²) >= 11 is 0. The molecule has 0 aliphatic rings. The SMILES string of the molecule is Cn1cncc1C(O)c1ccc(C#N)c(Oc2cccc3ccccc23)c1. The molecule has 5 nitrogen and oxygen atoms in total. The molecule has 0 amide bonds. The Labute approximate surface area is 156 Å². The molecule has 1 heterocycles. The van der Waals surface area contributed by atoms with Gasteiger partial charge in [-0.2, -0.15) is 5.26 Å². The van der Waals surface area contributed by atoms with Gasteiger partial charge >= 0.3 is 0 Å². The minimum Gasteiger partial charge on any atom is -0.455 e. The lowest BCUT2D eigenvalue weighted by Crippen LogP contribution is -2.05. The summed E-state index contributed by atoms with van der Waals surface area (Å²) in [4.78, 5) is 4.05. The van der Waals surface area contributed by atoms with Crippen LogP contribution in [-0.4, -0.2) is 14.7 Å². The van der Waals surface area contributed by atoms with Crippen LogP contribution in [0, 0.1) is 11.3 Å². The van der Waals surface area contributed by atoms with E-state index in [9.17, 15) is 10.4 Å². The smallest absolute Gasteiger partial charge is 0.145 e. The number of benzene rings is 3. The Morgan fingerprint density at radius 3 is 2.67 bits per heavy atom. The molecule has 1 unspecified atom stereocenters. The van der Waals surface area contributed by atoms with E-state index in [1.807, 2.05) is 49.5 Å². The third-order valence-electron chi connectivity index (χ3n) is 4.55. The van der Waals surface area contributed by atoms with E-state index in [1.165, 1.54) is 0 Å². The van der Waals surface area contributed by atoms with Crippen LogP contribution in [0.5, 0.6) is 11.5 Å². The number of ether oxygens (including phenoxy) is 1. The van der Waals surface area contributed by atoms with Crippen LogP contribution in [0.4, 0.5) is 0 Å². The third-order valence-corrected chi connectivity index (χ3v) is 4.55. The van der Waals surface area contributed by atoms with Gasteiger partial charge in [0.15, 0.2) is 0 Å². The normalized spacial score (nSPS) is 11.9. The van der Waals surface area contributed by atoms with Crippen LogP contribution in [0.3, 0.4) is 0 Å². The first-order valence-electron chi connectivity index (χ1n) is 8.51. The zero-order valence-corrected chi connectivity index (χ0v) is 14.7. The van der Waals surface area contributed by atoms with Gasteiger partial charge in [0.25, 0.3) is 0 Å². The Bertz CT molecular complexity index is 1150. The average Bonchev–Trinajstić information content (AvgIpc) is 3.13. The Morgan fingerprint density at radius 1 is 1.07 bits per heavy atom. The van der Waals surface area contributed by atoms with E-state index >= 15 is 0 Å². The third kappa shape index (κ3) is 3.14. The number of nitriles is 1. The van der Waals surface area contributed by atoms with Gasteiger partial charge in [-0.1, -0.05) is 42.5 Å². The second kappa shape index (κ2) is 6.94. The molecule has 0 radical (unpaired) electrons. The highest BCUT2D eigenvalue weighted by Crippen LogP contribution is 2.34. The monoisotopic (exact) mass is 355 g/mol. The van der Waals surface area contributed by atoms with Crippen molar-refractivity contribution in [3.8, 4) is 17.6 Å². The number of aromatic nitrogens is 2. The van der Waals surface area contributed by atoms with Crippen molar-refractivity contribution in [3.63, 3.8) is 0 Å². The minimum atomic E-state index is -0.861. The molecule has 4 rings (SSSR count). The van der Waals surface area contributed by atoms with Crippen LogP contribution < -0.4 is 4.74 Å². The Morgan fingerprint density at radius 2 is 1.89 bits per heavy atom. The highest BCUT2D eigenvalue weighted by molar-refractivity contribution is 5.88. The second-order valence-corrected chi connectivity index (χ2v) is 6.28. The standard InChI is InChI=1S/C22H17N3O2/c1-25-14-24-13-19(25)22(26)16-9-10-17(12-23)21(11-16)27-20-8-4-6-15-5-2-3-7-18(15)20/h2-11,13-14,22,26H,1H3. The van der Waals surface area contributed by atoms with Gasteiger partial charge in [-0.3, -0.25) is 0 Å². The Hall–Kier alpha value is -3.62. The maximum Gasteiger partial charge on any atom is 0.145 e. The van der Waals surface area contributed by atoms with Crippen molar-refractivity contribution in [1.29, 1.82) is 5.26 Å². The number of aryl methyl sites for hydroxylation is 1. The number of hydrogen-bond donors (Lipinski definition) is 1. The van der Waals surface area contributed by atoms with Crippen LogP contribution in [-0.2, 0) is 7.05 Å². The molecular formula is C22H17N3O2. The van der Waals surface area contributed by atoms with Gasteiger partial charge in [0, 0.05) is 12.4 Å². The number of rotatable bonds is 4. The molecule has 1 aromatic heterocycles. The molecule has 4 aromatic rings. The second-order valence-electron chi connectivity index (χ2n) is 6.28. The molecule has 0 fully saturated rings. The molecule has 3 aromatic carbocycles. The number of nitrogens with zero attached hydrogens (tertiary/aromatic N) is 3. The molecule has 1 N–H and O–H groups in total. The van der Waals surface area contributed by atoms with Crippen molar-refractivity contribution in [3.05, 3.63) is 90.0 Å². The van der Waals surface area contributed by atoms with E-state index in [0.29, 0.717) is 28.3 Å². The fraction of sp³-hybridized carbons (Fsp3) is 0.0909. The van der Waals surface area contributed by atoms with E-state index < -0.39 is 6.10 Å². The van der Waals surface area contributed by atoms with Gasteiger partial charge in [0.2, 0.25) is 0 Å². The first-order chi connectivity index (χ1) is 13.2. The van der Waals surface area contributed by atoms with Crippen molar-refractivity contribution in [2.75, 3.05) is 0 Å². The summed E-state index contributed by atoms with van der Waals surface area (Å²) in [6.45, 7) is 0. The molecule has 1 atom stereocenters. The fourth-order valence-electron chi connectivity index (χ4n) is 3.09. The Balaban J connectivity index is 1.76. The molecule has 0 saturated heterocycles. The van der Waals surface area contributed by atoms with Crippen molar-refractivity contribution in [2.45, 2.75) is 6.10 Å². The number of hydrogen-bond acceptors (Lipinski definition) is 4. The predicted molar refractivity (Wildman–Crippen MR) is 102 cm³/mol. The van der Waals surface area contributed by atoms with Crippen molar-refractivity contribution in [1.82, 2.24) is 9.55 Å². The molecule has 0 aliphatic heterocycles. The number of aliphatic hydroxyl groups is 1. The van der Waals surface area contributed by atoms with Gasteiger partial charge in [0.05, 0.1) is 23.8 Å². The Kier molecular flexibility index (Phi) is 4.33. The van der Waals surface area contributed by atoms with Gasteiger partial charge in [-0.25, -0.2) is 4.98 Å². The van der Waals surface area contributed by atoms with Gasteiger partial charge in [-0.05, 0) is 29.1 Å². The molecule has 0 aliphatic carbocycles. The summed E-state index contributed by atoms with van der Waals surface area (Å²) in [5, 5.41) is 22.2. The van der Waals surface area contributed by atoms with Crippen molar-refractivity contribution < 1.29 is 9.84 Å². The van der Waals surface area contributed by atoms with Crippen LogP contribution in [0.1, 0.15) is 22.9 Å². The summed E-state index contributed by atoms with van der Waals surface area (Å²) in [5.74, 6) is 1.07. The van der Waals surface area contributed by atoms with E-state index in [-0.39, 0.29) is 0 Å². The maximum atomic E-state index is 10.7. The molecule has 0 spiro atoms. The topological polar surface area (TPSA) is 71.1 Å². The van der Waals surface area contributed by atoms with E-state index in [2.05, 4.69) is 11.1 Å². The maximum absolute atomic E-state index is 10.7. The molecule has 0 bridgehead atoms. The van der Waals surface area contributed by atoms with E-state index in [1.54, 1.807) is 35.3 Å². The van der Waals surface area contributed by atoms with Gasteiger partial charge in [-0.15, -0.1) is 0 Å². The summed E-state index contributed by atoms with van der Waals surface area (Å²) in [6.07, 6.45) is 2.39. The van der Waals surface area contributed by atoms with Crippen molar-refractivity contribution in [2.24, 2.45) is 7.05 Å². The summed E-state index contributed by atoms with van der Waals surface area (Å²) in [7, 11) is 1.82. The number of imidazole rings is 1. The zero-order chi connectivity index (χ0) is 18.8. The summed E-state index contributed by atoms with van der Waals surface area (Å²) in [5.41, 5.74) is 1.70. The zero-order valence-electron chi connectivity index (χ0n) is 14.7. The van der Waals surface area contributed by atoms with Gasteiger partial charge in [0.1, 0.15) is 23.7 Å². The van der Waals surface area contributed by atoms with E-state index in [4.69, 9.17) is 4.74 Å². The number of aliphatic hydroxyl groups excluding tert-OH is 1. The van der Waals surface area contributed by atoms with Crippen LogP contribution >= 0.6 is 0 Å². The minimum absolute atomic E-state index is 0.406. The molecule has 5 heteroatoms.